The summed E-state index contributed by atoms with van der Waals surface area (Å²) in [5.41, 5.74) is 5.62. The van der Waals surface area contributed by atoms with Crippen LogP contribution in [-0.2, 0) is 6.54 Å². The molecule has 4 nitrogen and oxygen atoms in total. The summed E-state index contributed by atoms with van der Waals surface area (Å²) < 4.78 is 2.89. The molecule has 0 aliphatic carbocycles. The van der Waals surface area contributed by atoms with Gasteiger partial charge >= 0.3 is 0 Å². The van der Waals surface area contributed by atoms with Crippen molar-refractivity contribution in [3.63, 3.8) is 0 Å². The second kappa shape index (κ2) is 7.23. The Morgan fingerprint density at radius 3 is 2.44 bits per heavy atom. The summed E-state index contributed by atoms with van der Waals surface area (Å²) in [6, 6.07) is 15.6. The van der Waals surface area contributed by atoms with Gasteiger partial charge in [0.25, 0.3) is 5.91 Å². The first kappa shape index (κ1) is 17.4. The van der Waals surface area contributed by atoms with E-state index in [9.17, 15) is 4.79 Å². The van der Waals surface area contributed by atoms with Crippen molar-refractivity contribution in [2.45, 2.75) is 27.3 Å². The maximum absolute atomic E-state index is 12.5. The quantitative estimate of drug-likeness (QED) is 0.682. The van der Waals surface area contributed by atoms with Gasteiger partial charge in [-0.05, 0) is 56.2 Å². The number of nitrogens with one attached hydrogen (secondary N) is 1. The minimum Gasteiger partial charge on any atom is -0.319 e. The number of hydrogen-bond donors (Lipinski definition) is 1. The van der Waals surface area contributed by atoms with Crippen LogP contribution in [-0.4, -0.2) is 15.7 Å². The molecule has 0 fully saturated rings. The normalized spacial score (nSPS) is 10.7. The van der Waals surface area contributed by atoms with Crippen molar-refractivity contribution in [2.24, 2.45) is 0 Å². The first-order valence-electron chi connectivity index (χ1n) is 8.11. The van der Waals surface area contributed by atoms with Gasteiger partial charge in [-0.1, -0.05) is 40.2 Å². The molecule has 25 heavy (non-hydrogen) atoms. The predicted octanol–water partition coefficient (Wildman–Crippen LogP) is 4.87. The van der Waals surface area contributed by atoms with Crippen LogP contribution >= 0.6 is 15.9 Å². The lowest BCUT2D eigenvalue weighted by Gasteiger charge is -2.09. The number of aromatic nitrogens is 2. The average molecular weight is 398 g/mol. The molecule has 1 N–H and O–H groups in total. The monoisotopic (exact) mass is 397 g/mol. The third-order valence-corrected chi connectivity index (χ3v) is 4.84. The van der Waals surface area contributed by atoms with E-state index in [2.05, 4.69) is 45.4 Å². The molecule has 0 bridgehead atoms. The SMILES string of the molecule is Cc1ccccc1Cn1nc(C)c(NC(=O)c2ccc(Br)cc2)c1C. The van der Waals surface area contributed by atoms with E-state index in [4.69, 9.17) is 0 Å². The van der Waals surface area contributed by atoms with Crippen molar-refractivity contribution in [3.05, 3.63) is 81.1 Å². The molecule has 2 aromatic carbocycles. The Hall–Kier alpha value is -2.40. The first-order chi connectivity index (χ1) is 12.0. The molecule has 0 aliphatic heterocycles. The summed E-state index contributed by atoms with van der Waals surface area (Å²) in [6.45, 7) is 6.68. The van der Waals surface area contributed by atoms with Gasteiger partial charge in [-0.3, -0.25) is 9.48 Å². The Morgan fingerprint density at radius 1 is 1.08 bits per heavy atom. The molecule has 0 atom stereocenters. The summed E-state index contributed by atoms with van der Waals surface area (Å²) in [7, 11) is 0. The van der Waals surface area contributed by atoms with Crippen LogP contribution in [0.15, 0.2) is 53.0 Å². The Kier molecular flexibility index (Phi) is 5.04. The van der Waals surface area contributed by atoms with Gasteiger partial charge in [0, 0.05) is 10.0 Å². The van der Waals surface area contributed by atoms with Gasteiger partial charge in [0.1, 0.15) is 0 Å². The van der Waals surface area contributed by atoms with E-state index in [0.29, 0.717) is 12.1 Å². The molecule has 1 amide bonds. The van der Waals surface area contributed by atoms with Gasteiger partial charge in [0.2, 0.25) is 0 Å². The predicted molar refractivity (Wildman–Crippen MR) is 104 cm³/mol. The third-order valence-electron chi connectivity index (χ3n) is 4.31. The molecule has 0 saturated carbocycles. The largest absolute Gasteiger partial charge is 0.319 e. The Labute approximate surface area is 156 Å². The molecule has 1 heterocycles. The van der Waals surface area contributed by atoms with Crippen LogP contribution in [0.2, 0.25) is 0 Å². The minimum absolute atomic E-state index is 0.130. The van der Waals surface area contributed by atoms with E-state index in [-0.39, 0.29) is 5.91 Å². The fourth-order valence-corrected chi connectivity index (χ4v) is 3.03. The average Bonchev–Trinajstić information content (AvgIpc) is 2.85. The Balaban J connectivity index is 1.83. The minimum atomic E-state index is -0.130. The zero-order valence-electron chi connectivity index (χ0n) is 14.5. The molecule has 0 spiro atoms. The van der Waals surface area contributed by atoms with E-state index in [1.54, 1.807) is 12.1 Å². The van der Waals surface area contributed by atoms with E-state index < -0.39 is 0 Å². The summed E-state index contributed by atoms with van der Waals surface area (Å²) in [5.74, 6) is -0.130. The lowest BCUT2D eigenvalue weighted by atomic mass is 10.1. The van der Waals surface area contributed by atoms with Crippen molar-refractivity contribution in [2.75, 3.05) is 5.32 Å². The van der Waals surface area contributed by atoms with Gasteiger partial charge in [-0.15, -0.1) is 0 Å². The molecule has 0 saturated heterocycles. The van der Waals surface area contributed by atoms with Crippen molar-refractivity contribution in [1.82, 2.24) is 9.78 Å². The van der Waals surface area contributed by atoms with E-state index in [1.165, 1.54) is 11.1 Å². The van der Waals surface area contributed by atoms with Crippen LogP contribution in [0.1, 0.15) is 32.9 Å². The summed E-state index contributed by atoms with van der Waals surface area (Å²) in [5, 5.41) is 7.60. The number of rotatable bonds is 4. The molecule has 0 unspecified atom stereocenters. The van der Waals surface area contributed by atoms with Crippen molar-refractivity contribution >= 4 is 27.5 Å². The molecule has 5 heteroatoms. The van der Waals surface area contributed by atoms with Gasteiger partial charge in [0.15, 0.2) is 0 Å². The lowest BCUT2D eigenvalue weighted by molar-refractivity contribution is 0.102. The summed E-state index contributed by atoms with van der Waals surface area (Å²) in [4.78, 5) is 12.5. The number of benzene rings is 2. The topological polar surface area (TPSA) is 46.9 Å². The number of halogens is 1. The van der Waals surface area contributed by atoms with Gasteiger partial charge in [0.05, 0.1) is 23.6 Å². The molecular weight excluding hydrogens is 378 g/mol. The highest BCUT2D eigenvalue weighted by molar-refractivity contribution is 9.10. The van der Waals surface area contributed by atoms with Crippen LogP contribution in [0.3, 0.4) is 0 Å². The highest BCUT2D eigenvalue weighted by Gasteiger charge is 2.15. The highest BCUT2D eigenvalue weighted by Crippen LogP contribution is 2.22. The zero-order valence-corrected chi connectivity index (χ0v) is 16.1. The molecule has 0 radical (unpaired) electrons. The molecule has 3 rings (SSSR count). The molecule has 0 aliphatic rings. The summed E-state index contributed by atoms with van der Waals surface area (Å²) in [6.07, 6.45) is 0. The van der Waals surface area contributed by atoms with Gasteiger partial charge in [-0.2, -0.15) is 5.10 Å². The van der Waals surface area contributed by atoms with Crippen LogP contribution in [0, 0.1) is 20.8 Å². The second-order valence-corrected chi connectivity index (χ2v) is 7.01. The van der Waals surface area contributed by atoms with E-state index in [1.807, 2.05) is 42.8 Å². The standard InChI is InChI=1S/C20H20BrN3O/c1-13-6-4-5-7-17(13)12-24-15(3)19(14(2)23-24)22-20(25)16-8-10-18(21)11-9-16/h4-11H,12H2,1-3H3,(H,22,25). The number of amides is 1. The molecular formula is C20H20BrN3O. The van der Waals surface area contributed by atoms with E-state index in [0.717, 1.165) is 21.5 Å². The fourth-order valence-electron chi connectivity index (χ4n) is 2.77. The molecule has 3 aromatic rings. The maximum atomic E-state index is 12.5. The maximum Gasteiger partial charge on any atom is 0.255 e. The number of hydrogen-bond acceptors (Lipinski definition) is 2. The third kappa shape index (κ3) is 3.82. The number of carbonyl (C=O) groups excluding carboxylic acids is 1. The van der Waals surface area contributed by atoms with Crippen LogP contribution in [0.4, 0.5) is 5.69 Å². The van der Waals surface area contributed by atoms with E-state index >= 15 is 0 Å². The van der Waals surface area contributed by atoms with Crippen molar-refractivity contribution < 1.29 is 4.79 Å². The fraction of sp³-hybridized carbons (Fsp3) is 0.200. The first-order valence-corrected chi connectivity index (χ1v) is 8.90. The number of anilines is 1. The van der Waals surface area contributed by atoms with Crippen molar-refractivity contribution in [3.8, 4) is 0 Å². The van der Waals surface area contributed by atoms with Gasteiger partial charge in [-0.25, -0.2) is 0 Å². The van der Waals surface area contributed by atoms with Crippen molar-refractivity contribution in [1.29, 1.82) is 0 Å². The smallest absolute Gasteiger partial charge is 0.255 e. The summed E-state index contributed by atoms with van der Waals surface area (Å²) >= 11 is 3.38. The molecule has 1 aromatic heterocycles. The highest BCUT2D eigenvalue weighted by atomic mass is 79.9. The van der Waals surface area contributed by atoms with Gasteiger partial charge < -0.3 is 5.32 Å². The Morgan fingerprint density at radius 2 is 1.76 bits per heavy atom. The van der Waals surface area contributed by atoms with Crippen LogP contribution < -0.4 is 5.32 Å². The number of aryl methyl sites for hydroxylation is 2. The lowest BCUT2D eigenvalue weighted by Crippen LogP contribution is -2.13. The van der Waals surface area contributed by atoms with Crippen LogP contribution in [0.5, 0.6) is 0 Å². The zero-order chi connectivity index (χ0) is 18.0. The van der Waals surface area contributed by atoms with Crippen LogP contribution in [0.25, 0.3) is 0 Å². The molecule has 128 valence electrons. The second-order valence-electron chi connectivity index (χ2n) is 6.09. The number of carbonyl (C=O) groups is 1. The number of nitrogens with zero attached hydrogens (tertiary/aromatic N) is 2. The Bertz CT molecular complexity index is 913.